The van der Waals surface area contributed by atoms with Crippen LogP contribution in [0.25, 0.3) is 39.2 Å². The first-order valence-electron chi connectivity index (χ1n) is 15.9. The molecule has 5 heterocycles. The number of ether oxygens (including phenoxy) is 1. The van der Waals surface area contributed by atoms with Crippen molar-refractivity contribution in [2.45, 2.75) is 31.5 Å². The van der Waals surface area contributed by atoms with Crippen LogP contribution in [0.3, 0.4) is 0 Å². The van der Waals surface area contributed by atoms with Gasteiger partial charge in [-0.15, -0.1) is 0 Å². The SMILES string of the molecule is COc1nc(-c2cccc(-c3cccc(-c4ccn5c(=O)c(CNC[C@@H]6CCC(=O)N6)cnc5c4)c3Cl)c2Cl)ccc1C1=NCC(O)CN1. The Hall–Kier alpha value is -4.81. The van der Waals surface area contributed by atoms with Gasteiger partial charge in [0.05, 0.1) is 41.1 Å². The summed E-state index contributed by atoms with van der Waals surface area (Å²) in [5.41, 5.74) is 5.88. The van der Waals surface area contributed by atoms with E-state index in [9.17, 15) is 14.7 Å². The molecule has 0 saturated carbocycles. The van der Waals surface area contributed by atoms with Crippen LogP contribution in [0.2, 0.25) is 10.0 Å². The number of aliphatic imine (C=N–C) groups is 1. The highest BCUT2D eigenvalue weighted by atomic mass is 35.5. The highest BCUT2D eigenvalue weighted by Gasteiger charge is 2.22. The Labute approximate surface area is 292 Å². The fourth-order valence-electron chi connectivity index (χ4n) is 6.15. The van der Waals surface area contributed by atoms with Crippen LogP contribution in [0.1, 0.15) is 24.0 Å². The molecule has 0 spiro atoms. The van der Waals surface area contributed by atoms with E-state index < -0.39 is 6.10 Å². The van der Waals surface area contributed by atoms with Crippen LogP contribution >= 0.6 is 23.2 Å². The molecule has 5 aromatic rings. The zero-order valence-corrected chi connectivity index (χ0v) is 28.1. The van der Waals surface area contributed by atoms with Crippen molar-refractivity contribution in [1.82, 2.24) is 30.3 Å². The fraction of sp³-hybridized carbons (Fsp3) is 0.250. The Balaban J connectivity index is 1.16. The van der Waals surface area contributed by atoms with Gasteiger partial charge in [-0.2, -0.15) is 0 Å². The van der Waals surface area contributed by atoms with Crippen molar-refractivity contribution in [2.75, 3.05) is 26.7 Å². The molecule has 2 atom stereocenters. The molecule has 2 aromatic carbocycles. The Morgan fingerprint density at radius 3 is 2.47 bits per heavy atom. The van der Waals surface area contributed by atoms with Crippen LogP contribution in [0.5, 0.6) is 5.88 Å². The van der Waals surface area contributed by atoms with Crippen LogP contribution in [-0.2, 0) is 11.3 Å². The third-order valence-corrected chi connectivity index (χ3v) is 9.53. The number of benzene rings is 2. The third kappa shape index (κ3) is 6.62. The molecule has 1 unspecified atom stereocenters. The zero-order chi connectivity index (χ0) is 34.1. The van der Waals surface area contributed by atoms with Gasteiger partial charge in [0, 0.05) is 72.3 Å². The number of hydrogen-bond acceptors (Lipinski definition) is 9. The zero-order valence-electron chi connectivity index (χ0n) is 26.5. The molecule has 1 fully saturated rings. The average Bonchev–Trinajstić information content (AvgIpc) is 3.54. The van der Waals surface area contributed by atoms with E-state index in [1.807, 2.05) is 60.7 Å². The minimum absolute atomic E-state index is 0.0594. The van der Waals surface area contributed by atoms with E-state index in [-0.39, 0.29) is 17.5 Å². The number of methoxy groups -OCH3 is 1. The molecule has 1 amide bonds. The summed E-state index contributed by atoms with van der Waals surface area (Å²) in [7, 11) is 1.55. The monoisotopic (exact) mass is 697 g/mol. The molecule has 4 N–H and O–H groups in total. The van der Waals surface area contributed by atoms with E-state index in [0.717, 1.165) is 28.7 Å². The molecule has 0 radical (unpaired) electrons. The summed E-state index contributed by atoms with van der Waals surface area (Å²) in [5, 5.41) is 20.1. The number of rotatable bonds is 9. The molecule has 2 aliphatic heterocycles. The molecule has 49 heavy (non-hydrogen) atoms. The molecule has 1 saturated heterocycles. The number of hydrogen-bond donors (Lipinski definition) is 4. The number of fused-ring (bicyclic) bond motifs is 1. The predicted octanol–water partition coefficient (Wildman–Crippen LogP) is 4.48. The molecule has 250 valence electrons. The first-order chi connectivity index (χ1) is 23.8. The number of pyridine rings is 2. The lowest BCUT2D eigenvalue weighted by atomic mass is 9.97. The number of amides is 1. The van der Waals surface area contributed by atoms with Gasteiger partial charge in [-0.25, -0.2) is 9.97 Å². The van der Waals surface area contributed by atoms with E-state index in [1.165, 1.54) is 4.40 Å². The second kappa shape index (κ2) is 14.0. The standard InChI is InChI=1S/C36H33Cl2N7O4/c1-49-35-28(34-41-18-23(46)19-42-34)9-10-29(44-35)27-7-3-6-26(33(27)38)25-5-2-4-24(32(25)37)20-12-13-45-30(14-20)40-16-21(36(45)48)15-39-17-22-8-11-31(47)43-22/h2-7,9-10,12-14,16,22-23,39,46H,8,11,15,17-19H2,1H3,(H,41,42)(H,43,47)/t22-/m0/s1. The number of amidine groups is 1. The summed E-state index contributed by atoms with van der Waals surface area (Å²) in [6.45, 7) is 1.64. The lowest BCUT2D eigenvalue weighted by molar-refractivity contribution is -0.119. The number of carbonyl (C=O) groups excluding carboxylic acids is 1. The predicted molar refractivity (Wildman–Crippen MR) is 190 cm³/mol. The second-order valence-electron chi connectivity index (χ2n) is 12.0. The quantitative estimate of drug-likeness (QED) is 0.177. The van der Waals surface area contributed by atoms with Crippen molar-refractivity contribution in [3.05, 3.63) is 105 Å². The van der Waals surface area contributed by atoms with E-state index in [4.69, 9.17) is 32.9 Å². The Morgan fingerprint density at radius 1 is 1.00 bits per heavy atom. The van der Waals surface area contributed by atoms with Gasteiger partial charge in [-0.05, 0) is 36.2 Å². The second-order valence-corrected chi connectivity index (χ2v) is 12.7. The highest BCUT2D eigenvalue weighted by Crippen LogP contribution is 2.42. The van der Waals surface area contributed by atoms with Gasteiger partial charge in [-0.3, -0.25) is 19.0 Å². The smallest absolute Gasteiger partial charge is 0.262 e. The minimum Gasteiger partial charge on any atom is -0.480 e. The van der Waals surface area contributed by atoms with Gasteiger partial charge < -0.3 is 25.8 Å². The molecule has 13 heteroatoms. The summed E-state index contributed by atoms with van der Waals surface area (Å²) in [6.07, 6.45) is 4.08. The number of nitrogens with one attached hydrogen (secondary N) is 3. The number of aliphatic hydroxyl groups is 1. The fourth-order valence-corrected chi connectivity index (χ4v) is 6.81. The molecule has 2 aliphatic rings. The highest BCUT2D eigenvalue weighted by molar-refractivity contribution is 6.39. The minimum atomic E-state index is -0.530. The largest absolute Gasteiger partial charge is 0.480 e. The van der Waals surface area contributed by atoms with E-state index in [2.05, 4.69) is 25.9 Å². The Kier molecular flexibility index (Phi) is 9.33. The van der Waals surface area contributed by atoms with Gasteiger partial charge in [0.1, 0.15) is 11.5 Å². The maximum Gasteiger partial charge on any atom is 0.262 e. The number of aromatic nitrogens is 3. The molecule has 0 aliphatic carbocycles. The lowest BCUT2D eigenvalue weighted by Gasteiger charge is -2.20. The van der Waals surface area contributed by atoms with Crippen molar-refractivity contribution >= 4 is 40.6 Å². The van der Waals surface area contributed by atoms with Gasteiger partial charge in [0.15, 0.2) is 0 Å². The first-order valence-corrected chi connectivity index (χ1v) is 16.7. The van der Waals surface area contributed by atoms with Crippen molar-refractivity contribution < 1.29 is 14.6 Å². The molecule has 11 nitrogen and oxygen atoms in total. The van der Waals surface area contributed by atoms with Crippen LogP contribution in [-0.4, -0.2) is 70.1 Å². The Morgan fingerprint density at radius 2 is 1.76 bits per heavy atom. The van der Waals surface area contributed by atoms with Crippen LogP contribution in [0.15, 0.2) is 82.8 Å². The number of carbonyl (C=O) groups is 1. The third-order valence-electron chi connectivity index (χ3n) is 8.72. The van der Waals surface area contributed by atoms with E-state index in [0.29, 0.717) is 82.4 Å². The van der Waals surface area contributed by atoms with Crippen molar-refractivity contribution in [2.24, 2.45) is 4.99 Å². The van der Waals surface area contributed by atoms with Crippen molar-refractivity contribution in [1.29, 1.82) is 0 Å². The topological polar surface area (TPSA) is 142 Å². The van der Waals surface area contributed by atoms with Crippen LogP contribution < -0.4 is 26.2 Å². The van der Waals surface area contributed by atoms with Crippen LogP contribution in [0, 0.1) is 0 Å². The first kappa shape index (κ1) is 32.7. The van der Waals surface area contributed by atoms with Crippen molar-refractivity contribution in [3.8, 4) is 39.4 Å². The summed E-state index contributed by atoms with van der Waals surface area (Å²) >= 11 is 14.1. The van der Waals surface area contributed by atoms with Crippen molar-refractivity contribution in [3.63, 3.8) is 0 Å². The average molecular weight is 699 g/mol. The van der Waals surface area contributed by atoms with Crippen LogP contribution in [0.4, 0.5) is 0 Å². The van der Waals surface area contributed by atoms with E-state index in [1.54, 1.807) is 19.5 Å². The van der Waals surface area contributed by atoms with Gasteiger partial charge >= 0.3 is 0 Å². The van der Waals surface area contributed by atoms with Gasteiger partial charge in [0.25, 0.3) is 5.56 Å². The maximum absolute atomic E-state index is 13.2. The molecule has 3 aromatic heterocycles. The number of halogens is 2. The summed E-state index contributed by atoms with van der Waals surface area (Å²) < 4.78 is 7.13. The Bertz CT molecular complexity index is 2170. The lowest BCUT2D eigenvalue weighted by Crippen LogP contribution is -2.39. The maximum atomic E-state index is 13.2. The molecule has 0 bridgehead atoms. The van der Waals surface area contributed by atoms with E-state index >= 15 is 0 Å². The van der Waals surface area contributed by atoms with Gasteiger partial charge in [-0.1, -0.05) is 59.6 Å². The molecule has 7 rings (SSSR count). The normalized spacial score (nSPS) is 17.5. The van der Waals surface area contributed by atoms with Gasteiger partial charge in [0.2, 0.25) is 11.8 Å². The summed E-state index contributed by atoms with van der Waals surface area (Å²) in [6, 6.07) is 18.9. The number of β-amino-alcohol motifs (C(OH)–C–C–N with tert-alkyl or cyclic N) is 1. The molecular weight excluding hydrogens is 665 g/mol. The number of nitrogens with zero attached hydrogens (tertiary/aromatic N) is 4. The molecular formula is C36H33Cl2N7O4. The number of aliphatic hydroxyl groups excluding tert-OH is 1. The summed E-state index contributed by atoms with van der Waals surface area (Å²) in [4.78, 5) is 38.4. The summed E-state index contributed by atoms with van der Waals surface area (Å²) in [5.74, 6) is 1.06.